The van der Waals surface area contributed by atoms with Gasteiger partial charge in [0.25, 0.3) is 0 Å². The molecule has 1 aliphatic carbocycles. The van der Waals surface area contributed by atoms with E-state index in [-0.39, 0.29) is 18.7 Å². The molecular weight excluding hydrogens is 500 g/mol. The molecule has 3 rings (SSSR count). The van der Waals surface area contributed by atoms with Gasteiger partial charge in [0.2, 0.25) is 0 Å². The maximum Gasteiger partial charge on any atom is 0.573 e. The quantitative estimate of drug-likeness (QED) is 0.391. The second-order valence-corrected chi connectivity index (χ2v) is 9.06. The fourth-order valence-electron chi connectivity index (χ4n) is 4.19. The minimum atomic E-state index is -4.89. The van der Waals surface area contributed by atoms with Gasteiger partial charge in [-0.2, -0.15) is 13.2 Å². The Morgan fingerprint density at radius 3 is 2.46 bits per heavy atom. The predicted octanol–water partition coefficient (Wildman–Crippen LogP) is 6.66. The molecule has 35 heavy (non-hydrogen) atoms. The van der Waals surface area contributed by atoms with E-state index >= 15 is 0 Å². The summed E-state index contributed by atoms with van der Waals surface area (Å²) in [5, 5.41) is 10.3. The van der Waals surface area contributed by atoms with Crippen LogP contribution in [0.15, 0.2) is 42.5 Å². The number of rotatable bonds is 8. The zero-order valence-electron chi connectivity index (χ0n) is 18.9. The third kappa shape index (κ3) is 8.47. The first-order valence-corrected chi connectivity index (χ1v) is 11.4. The Bertz CT molecular complexity index is 984. The first-order valence-electron chi connectivity index (χ1n) is 11.1. The Morgan fingerprint density at radius 1 is 1.06 bits per heavy atom. The summed E-state index contributed by atoms with van der Waals surface area (Å²) in [5.41, 5.74) is 1.16. The second kappa shape index (κ2) is 11.3. The molecular formula is C24H26ClF6NO3. The lowest BCUT2D eigenvalue weighted by Crippen LogP contribution is -2.47. The van der Waals surface area contributed by atoms with Crippen molar-refractivity contribution in [1.29, 1.82) is 0 Å². The van der Waals surface area contributed by atoms with Crippen LogP contribution in [0.4, 0.5) is 26.3 Å². The molecule has 0 radical (unpaired) electrons. The summed E-state index contributed by atoms with van der Waals surface area (Å²) < 4.78 is 87.2. The SMILES string of the molecule is Cc1cc(OC2CCCC(N(Cc3cccc(OC(F)(F)F)c3)CC(O)C(F)(F)F)C2)ccc1Cl. The molecule has 0 amide bonds. The smallest absolute Gasteiger partial charge is 0.490 e. The number of hydrogen-bond acceptors (Lipinski definition) is 4. The van der Waals surface area contributed by atoms with E-state index in [1.807, 2.05) is 6.92 Å². The highest BCUT2D eigenvalue weighted by atomic mass is 35.5. The van der Waals surface area contributed by atoms with Gasteiger partial charge in [-0.25, -0.2) is 0 Å². The molecule has 0 heterocycles. The molecule has 1 aliphatic rings. The van der Waals surface area contributed by atoms with Gasteiger partial charge in [0.05, 0.1) is 0 Å². The van der Waals surface area contributed by atoms with Gasteiger partial charge in [0.15, 0.2) is 6.10 Å². The van der Waals surface area contributed by atoms with Crippen molar-refractivity contribution in [3.05, 3.63) is 58.6 Å². The van der Waals surface area contributed by atoms with Crippen molar-refractivity contribution in [3.8, 4) is 11.5 Å². The lowest BCUT2D eigenvalue weighted by atomic mass is 9.91. The highest BCUT2D eigenvalue weighted by molar-refractivity contribution is 6.31. The van der Waals surface area contributed by atoms with E-state index in [2.05, 4.69) is 4.74 Å². The summed E-state index contributed by atoms with van der Waals surface area (Å²) in [5.74, 6) is 0.130. The van der Waals surface area contributed by atoms with Gasteiger partial charge in [-0.3, -0.25) is 4.90 Å². The molecule has 1 saturated carbocycles. The van der Waals surface area contributed by atoms with Gasteiger partial charge in [0.1, 0.15) is 17.6 Å². The molecule has 0 saturated heterocycles. The van der Waals surface area contributed by atoms with Gasteiger partial charge >= 0.3 is 12.5 Å². The number of ether oxygens (including phenoxy) is 2. The maximum atomic E-state index is 13.1. The summed E-state index contributed by atoms with van der Waals surface area (Å²) in [6.45, 7) is 1.01. The maximum absolute atomic E-state index is 13.1. The molecule has 194 valence electrons. The molecule has 2 aromatic carbocycles. The van der Waals surface area contributed by atoms with Crippen molar-refractivity contribution in [1.82, 2.24) is 4.90 Å². The first kappa shape index (κ1) is 27.4. The van der Waals surface area contributed by atoms with Crippen LogP contribution in [0.2, 0.25) is 5.02 Å². The van der Waals surface area contributed by atoms with Crippen LogP contribution < -0.4 is 9.47 Å². The van der Waals surface area contributed by atoms with Crippen LogP contribution in [0, 0.1) is 6.92 Å². The average molecular weight is 526 g/mol. The number of aryl methyl sites for hydroxylation is 1. The monoisotopic (exact) mass is 525 g/mol. The van der Waals surface area contributed by atoms with Crippen LogP contribution in [0.25, 0.3) is 0 Å². The van der Waals surface area contributed by atoms with Crippen LogP contribution in [-0.4, -0.2) is 47.3 Å². The molecule has 0 bridgehead atoms. The largest absolute Gasteiger partial charge is 0.573 e. The van der Waals surface area contributed by atoms with Gasteiger partial charge < -0.3 is 14.6 Å². The molecule has 0 aromatic heterocycles. The Kier molecular flexibility index (Phi) is 8.82. The number of alkyl halides is 6. The number of aliphatic hydroxyl groups is 1. The highest BCUT2D eigenvalue weighted by Gasteiger charge is 2.41. The minimum absolute atomic E-state index is 0.0976. The Hall–Kier alpha value is -2.17. The third-order valence-corrected chi connectivity index (χ3v) is 6.27. The van der Waals surface area contributed by atoms with Crippen molar-refractivity contribution in [2.24, 2.45) is 0 Å². The van der Waals surface area contributed by atoms with E-state index in [1.165, 1.54) is 17.0 Å². The summed E-state index contributed by atoms with van der Waals surface area (Å²) in [6.07, 6.45) is -10.3. The second-order valence-electron chi connectivity index (χ2n) is 8.65. The van der Waals surface area contributed by atoms with E-state index in [9.17, 15) is 31.4 Å². The van der Waals surface area contributed by atoms with Crippen LogP contribution in [0.3, 0.4) is 0 Å². The molecule has 0 aliphatic heterocycles. The predicted molar refractivity (Wildman–Crippen MR) is 118 cm³/mol. The molecule has 3 unspecified atom stereocenters. The van der Waals surface area contributed by atoms with E-state index in [0.29, 0.717) is 42.0 Å². The molecule has 3 atom stereocenters. The third-order valence-electron chi connectivity index (χ3n) is 5.85. The summed E-state index contributed by atoms with van der Waals surface area (Å²) >= 11 is 6.05. The number of benzene rings is 2. The Morgan fingerprint density at radius 2 is 1.80 bits per heavy atom. The zero-order valence-corrected chi connectivity index (χ0v) is 19.6. The van der Waals surface area contributed by atoms with E-state index in [1.54, 1.807) is 18.2 Å². The molecule has 1 N–H and O–H groups in total. The lowest BCUT2D eigenvalue weighted by Gasteiger charge is -2.38. The van der Waals surface area contributed by atoms with Crippen molar-refractivity contribution in [2.45, 2.75) is 69.9 Å². The number of hydrogen-bond donors (Lipinski definition) is 1. The van der Waals surface area contributed by atoms with Gasteiger partial charge in [0, 0.05) is 24.2 Å². The van der Waals surface area contributed by atoms with Crippen molar-refractivity contribution < 1.29 is 40.9 Å². The number of nitrogens with zero attached hydrogens (tertiary/aromatic N) is 1. The van der Waals surface area contributed by atoms with Crippen LogP contribution in [0.1, 0.15) is 36.8 Å². The summed E-state index contributed by atoms with van der Waals surface area (Å²) in [4.78, 5) is 1.45. The fraction of sp³-hybridized carbons (Fsp3) is 0.500. The normalized spacial score (nSPS) is 20.1. The van der Waals surface area contributed by atoms with Gasteiger partial charge in [-0.15, -0.1) is 13.2 Å². The van der Waals surface area contributed by atoms with Crippen LogP contribution in [0.5, 0.6) is 11.5 Å². The standard InChI is InChI=1S/C24H26ClF6NO3/c1-15-10-19(8-9-21(15)25)34-18-6-3-5-17(12-18)32(14-22(33)23(26,27)28)13-16-4-2-7-20(11-16)35-24(29,30)31/h2,4,7-11,17-18,22,33H,3,5-6,12-14H2,1H3. The minimum Gasteiger partial charge on any atom is -0.490 e. The zero-order chi connectivity index (χ0) is 25.8. The van der Waals surface area contributed by atoms with Crippen LogP contribution in [-0.2, 0) is 6.54 Å². The average Bonchev–Trinajstić information content (AvgIpc) is 2.74. The van der Waals surface area contributed by atoms with Gasteiger partial charge in [-0.1, -0.05) is 23.7 Å². The van der Waals surface area contributed by atoms with Crippen molar-refractivity contribution >= 4 is 11.6 Å². The Labute approximate surface area is 204 Å². The van der Waals surface area contributed by atoms with Gasteiger partial charge in [-0.05, 0) is 74.1 Å². The van der Waals surface area contributed by atoms with Crippen LogP contribution >= 0.6 is 11.6 Å². The summed E-state index contributed by atoms with van der Waals surface area (Å²) in [7, 11) is 0. The molecule has 4 nitrogen and oxygen atoms in total. The molecule has 1 fully saturated rings. The van der Waals surface area contributed by atoms with E-state index in [4.69, 9.17) is 16.3 Å². The Balaban J connectivity index is 1.76. The van der Waals surface area contributed by atoms with E-state index < -0.39 is 30.9 Å². The fourth-order valence-corrected chi connectivity index (χ4v) is 4.30. The number of aliphatic hydroxyl groups excluding tert-OH is 1. The molecule has 11 heteroatoms. The summed E-state index contributed by atoms with van der Waals surface area (Å²) in [6, 6.07) is 9.91. The van der Waals surface area contributed by atoms with Crippen molar-refractivity contribution in [2.75, 3.05) is 6.54 Å². The first-order chi connectivity index (χ1) is 16.3. The number of halogens is 7. The van der Waals surface area contributed by atoms with Crippen molar-refractivity contribution in [3.63, 3.8) is 0 Å². The highest BCUT2D eigenvalue weighted by Crippen LogP contribution is 2.32. The lowest BCUT2D eigenvalue weighted by molar-refractivity contribution is -0.274. The van der Waals surface area contributed by atoms with E-state index in [0.717, 1.165) is 17.7 Å². The molecule has 2 aromatic rings. The molecule has 0 spiro atoms. The topological polar surface area (TPSA) is 41.9 Å².